The number of nitrogens with zero attached hydrogens (tertiary/aromatic N) is 1. The van der Waals surface area contributed by atoms with Gasteiger partial charge in [0.15, 0.2) is 11.9 Å². The molecule has 0 amide bonds. The lowest BCUT2D eigenvalue weighted by Crippen LogP contribution is -2.16. The Kier molecular flexibility index (Phi) is 8.41. The Hall–Kier alpha value is -2.23. The topological polar surface area (TPSA) is 22.1 Å². The fourth-order valence-electron chi connectivity index (χ4n) is 4.09. The molecule has 0 bridgehead atoms. The van der Waals surface area contributed by atoms with Gasteiger partial charge in [-0.25, -0.2) is 9.37 Å². The van der Waals surface area contributed by atoms with Crippen LogP contribution in [0.5, 0.6) is 5.75 Å². The SMILES string of the molecule is C=C(CCCCC)C(F)COc1ccc(-c2ccc(C3CCCCC3)cc2)nc1F. The van der Waals surface area contributed by atoms with Gasteiger partial charge < -0.3 is 4.74 Å². The third kappa shape index (κ3) is 6.13. The predicted molar refractivity (Wildman–Crippen MR) is 119 cm³/mol. The number of hydrogen-bond donors (Lipinski definition) is 0. The molecule has 30 heavy (non-hydrogen) atoms. The third-order valence-electron chi connectivity index (χ3n) is 6.03. The zero-order valence-corrected chi connectivity index (χ0v) is 18.0. The van der Waals surface area contributed by atoms with E-state index < -0.39 is 12.1 Å². The van der Waals surface area contributed by atoms with Gasteiger partial charge in [0, 0.05) is 5.56 Å². The van der Waals surface area contributed by atoms with Crippen LogP contribution < -0.4 is 4.74 Å². The van der Waals surface area contributed by atoms with Crippen molar-refractivity contribution in [3.05, 3.63) is 60.1 Å². The van der Waals surface area contributed by atoms with Gasteiger partial charge in [0.2, 0.25) is 0 Å². The van der Waals surface area contributed by atoms with Gasteiger partial charge in [0.05, 0.1) is 5.69 Å². The maximum atomic E-state index is 14.4. The highest BCUT2D eigenvalue weighted by molar-refractivity contribution is 5.60. The lowest BCUT2D eigenvalue weighted by Gasteiger charge is -2.22. The lowest BCUT2D eigenvalue weighted by atomic mass is 9.84. The highest BCUT2D eigenvalue weighted by atomic mass is 19.1. The van der Waals surface area contributed by atoms with Crippen LogP contribution in [-0.2, 0) is 0 Å². The van der Waals surface area contributed by atoms with Crippen LogP contribution in [0, 0.1) is 5.95 Å². The van der Waals surface area contributed by atoms with E-state index in [2.05, 4.69) is 30.6 Å². The van der Waals surface area contributed by atoms with Crippen molar-refractivity contribution < 1.29 is 13.5 Å². The van der Waals surface area contributed by atoms with Crippen molar-refractivity contribution in [2.45, 2.75) is 76.8 Å². The maximum absolute atomic E-state index is 14.4. The summed E-state index contributed by atoms with van der Waals surface area (Å²) in [6.07, 6.45) is 8.81. The van der Waals surface area contributed by atoms with Gasteiger partial charge in [0.25, 0.3) is 5.95 Å². The molecule has 1 aliphatic carbocycles. The summed E-state index contributed by atoms with van der Waals surface area (Å²) in [6.45, 7) is 5.65. The fraction of sp³-hybridized carbons (Fsp3) is 0.500. The molecule has 1 atom stereocenters. The zero-order chi connectivity index (χ0) is 21.3. The molecule has 1 saturated carbocycles. The van der Waals surface area contributed by atoms with E-state index in [1.165, 1.54) is 43.7 Å². The van der Waals surface area contributed by atoms with E-state index in [0.29, 0.717) is 23.6 Å². The van der Waals surface area contributed by atoms with Gasteiger partial charge in [-0.05, 0) is 54.9 Å². The van der Waals surface area contributed by atoms with E-state index >= 15 is 0 Å². The molecule has 0 radical (unpaired) electrons. The second-order valence-electron chi connectivity index (χ2n) is 8.34. The summed E-state index contributed by atoms with van der Waals surface area (Å²) in [7, 11) is 0. The summed E-state index contributed by atoms with van der Waals surface area (Å²) in [5.74, 6) is -0.104. The Morgan fingerprint density at radius 1 is 1.10 bits per heavy atom. The van der Waals surface area contributed by atoms with Crippen molar-refractivity contribution in [1.29, 1.82) is 0 Å². The molecule has 1 heterocycles. The predicted octanol–water partition coefficient (Wildman–Crippen LogP) is 7.79. The number of rotatable bonds is 10. The summed E-state index contributed by atoms with van der Waals surface area (Å²) in [5, 5.41) is 0. The minimum atomic E-state index is -1.30. The van der Waals surface area contributed by atoms with E-state index in [0.717, 1.165) is 24.8 Å². The molecule has 4 heteroatoms. The highest BCUT2D eigenvalue weighted by Crippen LogP contribution is 2.33. The fourth-order valence-corrected chi connectivity index (χ4v) is 4.09. The number of alkyl halides is 1. The van der Waals surface area contributed by atoms with Crippen LogP contribution >= 0.6 is 0 Å². The third-order valence-corrected chi connectivity index (χ3v) is 6.03. The number of ether oxygens (including phenoxy) is 1. The summed E-state index contributed by atoms with van der Waals surface area (Å²) >= 11 is 0. The number of hydrogen-bond acceptors (Lipinski definition) is 2. The molecule has 1 fully saturated rings. The van der Waals surface area contributed by atoms with Gasteiger partial charge in [-0.3, -0.25) is 0 Å². The van der Waals surface area contributed by atoms with Gasteiger partial charge in [-0.1, -0.05) is 69.9 Å². The molecular formula is C26H33F2NO. The molecule has 2 aromatic rings. The zero-order valence-electron chi connectivity index (χ0n) is 18.0. The second kappa shape index (κ2) is 11.2. The average Bonchev–Trinajstić information content (AvgIpc) is 2.79. The van der Waals surface area contributed by atoms with E-state index in [4.69, 9.17) is 4.74 Å². The van der Waals surface area contributed by atoms with Crippen LogP contribution in [0.15, 0.2) is 48.6 Å². The molecule has 1 unspecified atom stereocenters. The average molecular weight is 414 g/mol. The number of aromatic nitrogens is 1. The monoisotopic (exact) mass is 413 g/mol. The quantitative estimate of drug-likeness (QED) is 0.225. The molecule has 2 nitrogen and oxygen atoms in total. The summed E-state index contributed by atoms with van der Waals surface area (Å²) in [5.41, 5.74) is 3.28. The number of benzene rings is 1. The summed E-state index contributed by atoms with van der Waals surface area (Å²) in [6, 6.07) is 11.5. The van der Waals surface area contributed by atoms with Crippen molar-refractivity contribution in [2.24, 2.45) is 0 Å². The Morgan fingerprint density at radius 2 is 1.83 bits per heavy atom. The summed E-state index contributed by atoms with van der Waals surface area (Å²) in [4.78, 5) is 4.03. The Bertz CT molecular complexity index is 812. The first-order chi connectivity index (χ1) is 14.6. The second-order valence-corrected chi connectivity index (χ2v) is 8.34. The number of pyridine rings is 1. The van der Waals surface area contributed by atoms with Crippen molar-refractivity contribution in [3.63, 3.8) is 0 Å². The minimum absolute atomic E-state index is 0.0263. The Labute approximate surface area is 179 Å². The molecule has 0 aliphatic heterocycles. The van der Waals surface area contributed by atoms with Gasteiger partial charge >= 0.3 is 0 Å². The molecule has 3 rings (SSSR count). The van der Waals surface area contributed by atoms with E-state index in [9.17, 15) is 8.78 Å². The van der Waals surface area contributed by atoms with Crippen molar-refractivity contribution in [1.82, 2.24) is 4.98 Å². The minimum Gasteiger partial charge on any atom is -0.485 e. The molecule has 1 aliphatic rings. The number of unbranched alkanes of at least 4 members (excludes halogenated alkanes) is 2. The van der Waals surface area contributed by atoms with E-state index in [1.807, 2.05) is 12.1 Å². The van der Waals surface area contributed by atoms with Crippen molar-refractivity contribution in [3.8, 4) is 17.0 Å². The Morgan fingerprint density at radius 3 is 2.50 bits per heavy atom. The van der Waals surface area contributed by atoms with Crippen LogP contribution in [0.4, 0.5) is 8.78 Å². The van der Waals surface area contributed by atoms with Gasteiger partial charge in [-0.2, -0.15) is 4.39 Å². The standard InChI is InChI=1S/C26H33F2NO/c1-3-4-6-9-19(2)23(27)18-30-25-17-16-24(29-26(25)28)22-14-12-21(13-15-22)20-10-7-5-8-11-20/h12-17,20,23H,2-11,18H2,1H3. The first kappa shape index (κ1) is 22.5. The van der Waals surface area contributed by atoms with Crippen molar-refractivity contribution in [2.75, 3.05) is 6.61 Å². The van der Waals surface area contributed by atoms with Crippen LogP contribution in [0.25, 0.3) is 11.3 Å². The Balaban J connectivity index is 1.57. The van der Waals surface area contributed by atoms with Crippen LogP contribution in [0.1, 0.15) is 76.2 Å². The highest BCUT2D eigenvalue weighted by Gasteiger charge is 2.17. The smallest absolute Gasteiger partial charge is 0.255 e. The van der Waals surface area contributed by atoms with Gasteiger partial charge in [0.1, 0.15) is 6.61 Å². The largest absolute Gasteiger partial charge is 0.485 e. The van der Waals surface area contributed by atoms with Crippen LogP contribution in [0.2, 0.25) is 0 Å². The molecule has 1 aromatic heterocycles. The summed E-state index contributed by atoms with van der Waals surface area (Å²) < 4.78 is 34.0. The van der Waals surface area contributed by atoms with Crippen LogP contribution in [-0.4, -0.2) is 17.8 Å². The van der Waals surface area contributed by atoms with Crippen molar-refractivity contribution >= 4 is 0 Å². The van der Waals surface area contributed by atoms with Crippen LogP contribution in [0.3, 0.4) is 0 Å². The lowest BCUT2D eigenvalue weighted by molar-refractivity contribution is 0.209. The molecule has 0 saturated heterocycles. The molecular weight excluding hydrogens is 380 g/mol. The molecule has 162 valence electrons. The first-order valence-corrected chi connectivity index (χ1v) is 11.3. The number of halogens is 2. The van der Waals surface area contributed by atoms with Gasteiger partial charge in [-0.15, -0.1) is 0 Å². The van der Waals surface area contributed by atoms with E-state index in [1.54, 1.807) is 6.07 Å². The van der Waals surface area contributed by atoms with E-state index in [-0.39, 0.29) is 12.4 Å². The molecule has 0 spiro atoms. The first-order valence-electron chi connectivity index (χ1n) is 11.3. The molecule has 0 N–H and O–H groups in total. The maximum Gasteiger partial charge on any atom is 0.255 e. The molecule has 1 aromatic carbocycles. The normalized spacial score (nSPS) is 15.7.